The molecule has 0 aromatic heterocycles. The lowest BCUT2D eigenvalue weighted by molar-refractivity contribution is 0.0697. The fourth-order valence-electron chi connectivity index (χ4n) is 2.95. The maximum absolute atomic E-state index is 11.4. The summed E-state index contributed by atoms with van der Waals surface area (Å²) in [4.78, 5) is 13.7. The number of hydrogen-bond donors (Lipinski definition) is 1. The maximum atomic E-state index is 11.4. The fraction of sp³-hybridized carbons (Fsp3) is 0.533. The standard InChI is InChI=1S/C15H20BrNO2/c1-2-17(12-6-4-3-5-7-12)14-9-8-11(16)10-13(14)15(18)19/h8-10,12H,2-7H2,1H3,(H,18,19). The molecule has 1 aromatic carbocycles. The summed E-state index contributed by atoms with van der Waals surface area (Å²) in [6.07, 6.45) is 6.15. The van der Waals surface area contributed by atoms with Gasteiger partial charge in [0.25, 0.3) is 0 Å². The van der Waals surface area contributed by atoms with Crippen LogP contribution in [-0.4, -0.2) is 23.7 Å². The van der Waals surface area contributed by atoms with Crippen LogP contribution in [0, 0.1) is 0 Å². The Morgan fingerprint density at radius 1 is 1.37 bits per heavy atom. The van der Waals surface area contributed by atoms with Crippen LogP contribution in [0.25, 0.3) is 0 Å². The fourth-order valence-corrected chi connectivity index (χ4v) is 3.31. The van der Waals surface area contributed by atoms with Crippen molar-refractivity contribution in [1.29, 1.82) is 0 Å². The van der Waals surface area contributed by atoms with Crippen LogP contribution in [0.4, 0.5) is 5.69 Å². The Hall–Kier alpha value is -1.03. The predicted molar refractivity (Wildman–Crippen MR) is 81.0 cm³/mol. The minimum Gasteiger partial charge on any atom is -0.478 e. The topological polar surface area (TPSA) is 40.5 Å². The van der Waals surface area contributed by atoms with Crippen molar-refractivity contribution in [2.75, 3.05) is 11.4 Å². The maximum Gasteiger partial charge on any atom is 0.337 e. The third-order valence-corrected chi connectivity index (χ3v) is 4.35. The van der Waals surface area contributed by atoms with Gasteiger partial charge in [-0.15, -0.1) is 0 Å². The third kappa shape index (κ3) is 3.30. The number of halogens is 1. The third-order valence-electron chi connectivity index (χ3n) is 3.85. The van der Waals surface area contributed by atoms with Crippen LogP contribution in [0.15, 0.2) is 22.7 Å². The molecule has 104 valence electrons. The monoisotopic (exact) mass is 325 g/mol. The van der Waals surface area contributed by atoms with Crippen LogP contribution in [-0.2, 0) is 0 Å². The summed E-state index contributed by atoms with van der Waals surface area (Å²) >= 11 is 3.35. The van der Waals surface area contributed by atoms with E-state index >= 15 is 0 Å². The lowest BCUT2D eigenvalue weighted by Crippen LogP contribution is -2.37. The number of hydrogen-bond acceptors (Lipinski definition) is 2. The van der Waals surface area contributed by atoms with E-state index in [9.17, 15) is 9.90 Å². The highest BCUT2D eigenvalue weighted by atomic mass is 79.9. The van der Waals surface area contributed by atoms with E-state index in [1.807, 2.05) is 12.1 Å². The van der Waals surface area contributed by atoms with Crippen molar-refractivity contribution in [2.45, 2.75) is 45.1 Å². The Morgan fingerprint density at radius 2 is 2.05 bits per heavy atom. The average molecular weight is 326 g/mol. The Bertz CT molecular complexity index is 455. The second-order valence-corrected chi connectivity index (χ2v) is 5.96. The average Bonchev–Trinajstić information content (AvgIpc) is 2.42. The van der Waals surface area contributed by atoms with Crippen LogP contribution in [0.1, 0.15) is 49.4 Å². The Kier molecular flexibility index (Phi) is 4.86. The zero-order valence-electron chi connectivity index (χ0n) is 11.2. The molecule has 1 N–H and O–H groups in total. The van der Waals surface area contributed by atoms with Crippen molar-refractivity contribution in [3.05, 3.63) is 28.2 Å². The van der Waals surface area contributed by atoms with E-state index < -0.39 is 5.97 Å². The summed E-state index contributed by atoms with van der Waals surface area (Å²) in [6, 6.07) is 6.03. The summed E-state index contributed by atoms with van der Waals surface area (Å²) in [7, 11) is 0. The molecular weight excluding hydrogens is 306 g/mol. The molecule has 1 aliphatic carbocycles. The van der Waals surface area contributed by atoms with Crippen molar-refractivity contribution in [2.24, 2.45) is 0 Å². The summed E-state index contributed by atoms with van der Waals surface area (Å²) in [5, 5.41) is 9.39. The summed E-state index contributed by atoms with van der Waals surface area (Å²) in [5.41, 5.74) is 1.24. The lowest BCUT2D eigenvalue weighted by atomic mass is 9.93. The molecule has 0 amide bonds. The molecule has 0 saturated heterocycles. The normalized spacial score (nSPS) is 16.3. The van der Waals surface area contributed by atoms with Gasteiger partial charge < -0.3 is 10.0 Å². The molecule has 1 aromatic rings. The summed E-state index contributed by atoms with van der Waals surface area (Å²) < 4.78 is 0.813. The molecule has 0 unspecified atom stereocenters. The van der Waals surface area contributed by atoms with Crippen molar-refractivity contribution in [3.8, 4) is 0 Å². The highest BCUT2D eigenvalue weighted by Gasteiger charge is 2.23. The molecule has 0 radical (unpaired) electrons. The van der Waals surface area contributed by atoms with E-state index in [1.54, 1.807) is 6.07 Å². The highest BCUT2D eigenvalue weighted by molar-refractivity contribution is 9.10. The van der Waals surface area contributed by atoms with E-state index in [0.29, 0.717) is 11.6 Å². The van der Waals surface area contributed by atoms with Crippen LogP contribution < -0.4 is 4.90 Å². The quantitative estimate of drug-likeness (QED) is 0.896. The van der Waals surface area contributed by atoms with Crippen LogP contribution in [0.5, 0.6) is 0 Å². The molecule has 0 bridgehead atoms. The van der Waals surface area contributed by atoms with Crippen molar-refractivity contribution >= 4 is 27.6 Å². The van der Waals surface area contributed by atoms with Gasteiger partial charge in [0, 0.05) is 17.1 Å². The molecule has 1 aliphatic rings. The van der Waals surface area contributed by atoms with Crippen LogP contribution in [0.3, 0.4) is 0 Å². The molecule has 1 saturated carbocycles. The van der Waals surface area contributed by atoms with Gasteiger partial charge in [-0.25, -0.2) is 4.79 Å². The summed E-state index contributed by atoms with van der Waals surface area (Å²) in [5.74, 6) is -0.856. The minimum atomic E-state index is -0.856. The van der Waals surface area contributed by atoms with E-state index in [1.165, 1.54) is 32.1 Å². The molecular formula is C15H20BrNO2. The number of benzene rings is 1. The Balaban J connectivity index is 2.34. The van der Waals surface area contributed by atoms with Gasteiger partial charge in [0.05, 0.1) is 11.3 Å². The summed E-state index contributed by atoms with van der Waals surface area (Å²) in [6.45, 7) is 2.95. The van der Waals surface area contributed by atoms with Gasteiger partial charge in [-0.3, -0.25) is 0 Å². The lowest BCUT2D eigenvalue weighted by Gasteiger charge is -2.36. The van der Waals surface area contributed by atoms with Gasteiger partial charge in [0.1, 0.15) is 0 Å². The molecule has 2 rings (SSSR count). The van der Waals surface area contributed by atoms with E-state index in [2.05, 4.69) is 27.8 Å². The zero-order chi connectivity index (χ0) is 13.8. The second-order valence-electron chi connectivity index (χ2n) is 5.04. The second kappa shape index (κ2) is 6.42. The molecule has 1 fully saturated rings. The molecule has 3 nitrogen and oxygen atoms in total. The zero-order valence-corrected chi connectivity index (χ0v) is 12.8. The number of carbonyl (C=O) groups is 1. The number of aromatic carboxylic acids is 1. The first-order chi connectivity index (χ1) is 9.13. The molecule has 0 aliphatic heterocycles. The molecule has 0 atom stereocenters. The van der Waals surface area contributed by atoms with Gasteiger partial charge >= 0.3 is 5.97 Å². The Morgan fingerprint density at radius 3 is 2.63 bits per heavy atom. The van der Waals surface area contributed by atoms with E-state index in [0.717, 1.165) is 16.7 Å². The molecule has 0 heterocycles. The number of carboxylic acid groups (broad SMARTS) is 1. The van der Waals surface area contributed by atoms with Gasteiger partial charge in [0.2, 0.25) is 0 Å². The number of rotatable bonds is 4. The van der Waals surface area contributed by atoms with Gasteiger partial charge in [-0.1, -0.05) is 35.2 Å². The van der Waals surface area contributed by atoms with Gasteiger partial charge in [0.15, 0.2) is 0 Å². The molecule has 0 spiro atoms. The molecule has 4 heteroatoms. The molecule has 19 heavy (non-hydrogen) atoms. The first kappa shape index (κ1) is 14.4. The predicted octanol–water partition coefficient (Wildman–Crippen LogP) is 4.31. The van der Waals surface area contributed by atoms with Crippen LogP contribution in [0.2, 0.25) is 0 Å². The number of carboxylic acids is 1. The number of nitrogens with zero attached hydrogens (tertiary/aromatic N) is 1. The largest absolute Gasteiger partial charge is 0.478 e. The van der Waals surface area contributed by atoms with Crippen molar-refractivity contribution in [1.82, 2.24) is 0 Å². The number of anilines is 1. The van der Waals surface area contributed by atoms with E-state index in [-0.39, 0.29) is 0 Å². The van der Waals surface area contributed by atoms with Crippen LogP contribution >= 0.6 is 15.9 Å². The minimum absolute atomic E-state index is 0.391. The van der Waals surface area contributed by atoms with Crippen molar-refractivity contribution < 1.29 is 9.90 Å². The smallest absolute Gasteiger partial charge is 0.337 e. The first-order valence-corrected chi connectivity index (χ1v) is 7.72. The highest BCUT2D eigenvalue weighted by Crippen LogP contribution is 2.31. The van der Waals surface area contributed by atoms with Gasteiger partial charge in [-0.05, 0) is 38.0 Å². The van der Waals surface area contributed by atoms with Gasteiger partial charge in [-0.2, -0.15) is 0 Å². The Labute approximate surface area is 122 Å². The first-order valence-electron chi connectivity index (χ1n) is 6.93. The van der Waals surface area contributed by atoms with E-state index in [4.69, 9.17) is 0 Å². The van der Waals surface area contributed by atoms with Crippen molar-refractivity contribution in [3.63, 3.8) is 0 Å². The SMILES string of the molecule is CCN(c1ccc(Br)cc1C(=O)O)C1CCCCC1.